The third-order valence-corrected chi connectivity index (χ3v) is 3.11. The highest BCUT2D eigenvalue weighted by atomic mass is 19.4. The second-order valence-corrected chi connectivity index (χ2v) is 4.79. The minimum absolute atomic E-state index is 0.296. The second kappa shape index (κ2) is 6.25. The number of nitrogens with zero attached hydrogens (tertiary/aromatic N) is 2. The average Bonchev–Trinajstić information content (AvgIpc) is 2.77. The van der Waals surface area contributed by atoms with Gasteiger partial charge in [-0.25, -0.2) is 0 Å². The molecule has 0 aliphatic carbocycles. The van der Waals surface area contributed by atoms with Crippen molar-refractivity contribution in [2.24, 2.45) is 5.73 Å². The van der Waals surface area contributed by atoms with Crippen LogP contribution in [0.25, 0.3) is 0 Å². The molecule has 0 aliphatic heterocycles. The van der Waals surface area contributed by atoms with Gasteiger partial charge in [-0.1, -0.05) is 6.92 Å². The van der Waals surface area contributed by atoms with Gasteiger partial charge >= 0.3 is 6.18 Å². The molecule has 0 saturated heterocycles. The van der Waals surface area contributed by atoms with Gasteiger partial charge in [0.25, 0.3) is 0 Å². The van der Waals surface area contributed by atoms with Crippen molar-refractivity contribution in [3.05, 3.63) is 18.0 Å². The summed E-state index contributed by atoms with van der Waals surface area (Å²) in [6, 6.07) is 0.928. The van der Waals surface area contributed by atoms with Crippen LogP contribution in [0.2, 0.25) is 0 Å². The minimum Gasteiger partial charge on any atom is -0.368 e. The molecule has 114 valence electrons. The summed E-state index contributed by atoms with van der Waals surface area (Å²) >= 11 is 0. The summed E-state index contributed by atoms with van der Waals surface area (Å²) in [4.78, 5) is 11.4. The van der Waals surface area contributed by atoms with Gasteiger partial charge in [0.2, 0.25) is 5.91 Å². The van der Waals surface area contributed by atoms with E-state index in [2.05, 4.69) is 10.4 Å². The lowest BCUT2D eigenvalue weighted by Gasteiger charge is -2.26. The Bertz CT molecular complexity index is 458. The fourth-order valence-corrected chi connectivity index (χ4v) is 1.92. The summed E-state index contributed by atoms with van der Waals surface area (Å²) in [7, 11) is 0. The number of carbonyl (C=O) groups is 1. The first-order valence-electron chi connectivity index (χ1n) is 6.34. The highest BCUT2D eigenvalue weighted by Gasteiger charge is 2.33. The SMILES string of the molecule is CCNC(C)(CCCn1ccc(C(F)(F)F)n1)C(N)=O. The molecule has 1 unspecified atom stereocenters. The number of halogens is 3. The molecule has 1 aromatic heterocycles. The molecule has 0 fully saturated rings. The molecule has 0 saturated carbocycles. The smallest absolute Gasteiger partial charge is 0.368 e. The summed E-state index contributed by atoms with van der Waals surface area (Å²) in [5.41, 5.74) is 3.56. The van der Waals surface area contributed by atoms with Crippen LogP contribution < -0.4 is 11.1 Å². The predicted octanol–water partition coefficient (Wildman–Crippen LogP) is 1.54. The molecule has 1 rings (SSSR count). The van der Waals surface area contributed by atoms with E-state index >= 15 is 0 Å². The Morgan fingerprint density at radius 3 is 2.60 bits per heavy atom. The quantitative estimate of drug-likeness (QED) is 0.800. The Morgan fingerprint density at radius 1 is 1.50 bits per heavy atom. The Morgan fingerprint density at radius 2 is 2.15 bits per heavy atom. The van der Waals surface area contributed by atoms with E-state index in [1.54, 1.807) is 6.92 Å². The van der Waals surface area contributed by atoms with Gasteiger partial charge in [0.15, 0.2) is 5.69 Å². The van der Waals surface area contributed by atoms with Crippen LogP contribution in [0.15, 0.2) is 12.3 Å². The summed E-state index contributed by atoms with van der Waals surface area (Å²) in [5.74, 6) is -0.476. The summed E-state index contributed by atoms with van der Waals surface area (Å²) < 4.78 is 38.3. The molecule has 0 bridgehead atoms. The molecule has 1 aromatic rings. The van der Waals surface area contributed by atoms with Gasteiger partial charge in [-0.3, -0.25) is 9.48 Å². The highest BCUT2D eigenvalue weighted by Crippen LogP contribution is 2.27. The van der Waals surface area contributed by atoms with Gasteiger partial charge in [-0.05, 0) is 32.4 Å². The van der Waals surface area contributed by atoms with E-state index in [1.165, 1.54) is 10.9 Å². The maximum Gasteiger partial charge on any atom is 0.435 e. The van der Waals surface area contributed by atoms with E-state index in [0.717, 1.165) is 6.07 Å². The zero-order valence-electron chi connectivity index (χ0n) is 11.5. The number of amides is 1. The minimum atomic E-state index is -4.43. The van der Waals surface area contributed by atoms with E-state index in [4.69, 9.17) is 5.73 Å². The molecule has 1 amide bonds. The molecule has 3 N–H and O–H groups in total. The van der Waals surface area contributed by atoms with Gasteiger partial charge in [0.1, 0.15) is 0 Å². The number of likely N-dealkylation sites (N-methyl/N-ethyl adjacent to an activating group) is 1. The lowest BCUT2D eigenvalue weighted by Crippen LogP contribution is -2.53. The van der Waals surface area contributed by atoms with Crippen molar-refractivity contribution in [3.63, 3.8) is 0 Å². The number of aryl methyl sites for hydroxylation is 1. The van der Waals surface area contributed by atoms with Crippen LogP contribution in [0.3, 0.4) is 0 Å². The van der Waals surface area contributed by atoms with Crippen molar-refractivity contribution < 1.29 is 18.0 Å². The van der Waals surface area contributed by atoms with Crippen LogP contribution >= 0.6 is 0 Å². The zero-order chi connectivity index (χ0) is 15.4. The van der Waals surface area contributed by atoms with Crippen LogP contribution in [0.5, 0.6) is 0 Å². The van der Waals surface area contributed by atoms with Crippen LogP contribution in [0.4, 0.5) is 13.2 Å². The monoisotopic (exact) mass is 292 g/mol. The Balaban J connectivity index is 2.55. The van der Waals surface area contributed by atoms with E-state index in [9.17, 15) is 18.0 Å². The highest BCUT2D eigenvalue weighted by molar-refractivity contribution is 5.84. The summed E-state index contributed by atoms with van der Waals surface area (Å²) in [5, 5.41) is 6.44. The van der Waals surface area contributed by atoms with Gasteiger partial charge in [-0.15, -0.1) is 0 Å². The van der Waals surface area contributed by atoms with Gasteiger partial charge in [0, 0.05) is 12.7 Å². The number of carbonyl (C=O) groups excluding carboxylic acids is 1. The number of alkyl halides is 3. The maximum absolute atomic E-state index is 12.4. The number of hydrogen-bond acceptors (Lipinski definition) is 3. The molecular weight excluding hydrogens is 273 g/mol. The molecule has 0 spiro atoms. The van der Waals surface area contributed by atoms with Crippen LogP contribution in [0, 0.1) is 0 Å². The Labute approximate surface area is 115 Å². The van der Waals surface area contributed by atoms with Crippen LogP contribution in [-0.2, 0) is 17.5 Å². The number of aromatic nitrogens is 2. The fourth-order valence-electron chi connectivity index (χ4n) is 1.92. The molecular formula is C12H19F3N4O. The molecule has 0 aliphatic rings. The first kappa shape index (κ1) is 16.5. The number of nitrogens with one attached hydrogen (secondary N) is 1. The summed E-state index contributed by atoms with van der Waals surface area (Å²) in [6.45, 7) is 4.41. The van der Waals surface area contributed by atoms with Gasteiger partial charge in [-0.2, -0.15) is 18.3 Å². The molecule has 0 radical (unpaired) electrons. The van der Waals surface area contributed by atoms with Crippen molar-refractivity contribution in [3.8, 4) is 0 Å². The van der Waals surface area contributed by atoms with E-state index in [-0.39, 0.29) is 0 Å². The van der Waals surface area contributed by atoms with Crippen molar-refractivity contribution >= 4 is 5.91 Å². The van der Waals surface area contributed by atoms with E-state index < -0.39 is 23.3 Å². The van der Waals surface area contributed by atoms with Crippen LogP contribution in [-0.4, -0.2) is 27.8 Å². The molecule has 8 heteroatoms. The van der Waals surface area contributed by atoms with E-state index in [1.807, 2.05) is 6.92 Å². The molecule has 1 atom stereocenters. The van der Waals surface area contributed by atoms with Crippen molar-refractivity contribution in [1.29, 1.82) is 0 Å². The molecule has 0 aromatic carbocycles. The van der Waals surface area contributed by atoms with Crippen molar-refractivity contribution in [2.45, 2.75) is 44.9 Å². The predicted molar refractivity (Wildman–Crippen MR) is 67.7 cm³/mol. The number of primary amides is 1. The maximum atomic E-state index is 12.4. The van der Waals surface area contributed by atoms with Gasteiger partial charge < -0.3 is 11.1 Å². The largest absolute Gasteiger partial charge is 0.435 e. The van der Waals surface area contributed by atoms with Gasteiger partial charge in [0.05, 0.1) is 5.54 Å². The second-order valence-electron chi connectivity index (χ2n) is 4.79. The summed E-state index contributed by atoms with van der Waals surface area (Å²) in [6.07, 6.45) is -2.24. The molecule has 20 heavy (non-hydrogen) atoms. The standard InChI is InChI=1S/C12H19F3N4O/c1-3-17-11(2,10(16)20)6-4-7-19-8-5-9(18-19)12(13,14)15/h5,8,17H,3-4,6-7H2,1-2H3,(H2,16,20). The first-order chi connectivity index (χ1) is 9.19. The van der Waals surface area contributed by atoms with Crippen molar-refractivity contribution in [2.75, 3.05) is 6.54 Å². The Kier molecular flexibility index (Phi) is 5.15. The number of nitrogens with two attached hydrogens (primary N) is 1. The molecule has 1 heterocycles. The number of rotatable bonds is 7. The third-order valence-electron chi connectivity index (χ3n) is 3.11. The van der Waals surface area contributed by atoms with Crippen LogP contribution in [0.1, 0.15) is 32.4 Å². The Hall–Kier alpha value is -1.57. The third kappa shape index (κ3) is 4.22. The number of hydrogen-bond donors (Lipinski definition) is 2. The average molecular weight is 292 g/mol. The lowest BCUT2D eigenvalue weighted by molar-refractivity contribution is -0.141. The fraction of sp³-hybridized carbons (Fsp3) is 0.667. The topological polar surface area (TPSA) is 72.9 Å². The van der Waals surface area contributed by atoms with Crippen molar-refractivity contribution in [1.82, 2.24) is 15.1 Å². The zero-order valence-corrected chi connectivity index (χ0v) is 11.5. The first-order valence-corrected chi connectivity index (χ1v) is 6.34. The normalized spacial score (nSPS) is 15.1. The molecule has 5 nitrogen and oxygen atoms in total. The lowest BCUT2D eigenvalue weighted by atomic mass is 9.95. The van der Waals surface area contributed by atoms with E-state index in [0.29, 0.717) is 25.9 Å².